The van der Waals surface area contributed by atoms with Gasteiger partial charge < -0.3 is 4.90 Å². The highest BCUT2D eigenvalue weighted by Gasteiger charge is 2.27. The van der Waals surface area contributed by atoms with Crippen LogP contribution in [0, 0.1) is 17.6 Å². The summed E-state index contributed by atoms with van der Waals surface area (Å²) in [7, 11) is 0. The zero-order valence-corrected chi connectivity index (χ0v) is 12.1. The number of hydrogen-bond donors (Lipinski definition) is 0. The van der Waals surface area contributed by atoms with Gasteiger partial charge in [-0.25, -0.2) is 8.78 Å². The number of nitrogens with zero attached hydrogens (tertiary/aromatic N) is 1. The molecule has 0 N–H and O–H groups in total. The molecule has 0 spiro atoms. The van der Waals surface area contributed by atoms with E-state index in [1.165, 1.54) is 6.07 Å². The molecule has 2 rings (SSSR count). The molecule has 1 unspecified atom stereocenters. The standard InChI is InChI=1S/C14H16BrF2NO/c15-7-6-10-3-2-8-18(9-10)14(19)13-11(16)4-1-5-12(13)17/h1,4-5,10H,2-3,6-9H2. The fourth-order valence-electron chi connectivity index (χ4n) is 2.50. The number of carbonyl (C=O) groups excluding carboxylic acids is 1. The van der Waals surface area contributed by atoms with Crippen LogP contribution in [0.4, 0.5) is 8.78 Å². The van der Waals surface area contributed by atoms with Crippen LogP contribution in [0.3, 0.4) is 0 Å². The Morgan fingerprint density at radius 3 is 2.68 bits per heavy atom. The quantitative estimate of drug-likeness (QED) is 0.775. The zero-order valence-electron chi connectivity index (χ0n) is 10.5. The maximum atomic E-state index is 13.6. The number of likely N-dealkylation sites (tertiary alicyclic amines) is 1. The number of halogens is 3. The lowest BCUT2D eigenvalue weighted by atomic mass is 9.95. The third-order valence-corrected chi connectivity index (χ3v) is 3.96. The van der Waals surface area contributed by atoms with Gasteiger partial charge in [-0.05, 0) is 37.3 Å². The molecule has 1 aliphatic rings. The molecule has 0 radical (unpaired) electrons. The van der Waals surface area contributed by atoms with Gasteiger partial charge in [-0.3, -0.25) is 4.79 Å². The minimum absolute atomic E-state index is 0.409. The first-order chi connectivity index (χ1) is 9.13. The first-order valence-electron chi connectivity index (χ1n) is 6.42. The minimum atomic E-state index is -0.785. The summed E-state index contributed by atoms with van der Waals surface area (Å²) in [5.41, 5.74) is -0.429. The summed E-state index contributed by atoms with van der Waals surface area (Å²) in [6.45, 7) is 1.16. The van der Waals surface area contributed by atoms with Gasteiger partial charge in [0.15, 0.2) is 0 Å². The molecule has 1 aromatic carbocycles. The van der Waals surface area contributed by atoms with Crippen LogP contribution in [0.1, 0.15) is 29.6 Å². The fraction of sp³-hybridized carbons (Fsp3) is 0.500. The lowest BCUT2D eigenvalue weighted by Gasteiger charge is -2.32. The number of benzene rings is 1. The number of piperidine rings is 1. The van der Waals surface area contributed by atoms with Crippen LogP contribution >= 0.6 is 15.9 Å². The van der Waals surface area contributed by atoms with E-state index in [-0.39, 0.29) is 0 Å². The third kappa shape index (κ3) is 3.32. The van der Waals surface area contributed by atoms with Crippen molar-refractivity contribution in [2.24, 2.45) is 5.92 Å². The molecular weight excluding hydrogens is 316 g/mol. The molecule has 2 nitrogen and oxygen atoms in total. The van der Waals surface area contributed by atoms with Crippen molar-refractivity contribution < 1.29 is 13.6 Å². The summed E-state index contributed by atoms with van der Waals surface area (Å²) in [5.74, 6) is -1.69. The maximum Gasteiger partial charge on any atom is 0.259 e. The highest BCUT2D eigenvalue weighted by atomic mass is 79.9. The van der Waals surface area contributed by atoms with Crippen molar-refractivity contribution in [2.45, 2.75) is 19.3 Å². The summed E-state index contributed by atoms with van der Waals surface area (Å²) in [6, 6.07) is 3.51. The highest BCUT2D eigenvalue weighted by Crippen LogP contribution is 2.23. The predicted molar refractivity (Wildman–Crippen MR) is 73.4 cm³/mol. The molecule has 0 aliphatic carbocycles. The maximum absolute atomic E-state index is 13.6. The van der Waals surface area contributed by atoms with Gasteiger partial charge in [0.25, 0.3) is 5.91 Å². The number of carbonyl (C=O) groups is 1. The smallest absolute Gasteiger partial charge is 0.259 e. The summed E-state index contributed by atoms with van der Waals surface area (Å²) >= 11 is 3.39. The zero-order chi connectivity index (χ0) is 13.8. The molecule has 1 fully saturated rings. The Kier molecular flexibility index (Phi) is 4.91. The van der Waals surface area contributed by atoms with Crippen LogP contribution in [-0.2, 0) is 0 Å². The molecular formula is C14H16BrF2NO. The molecule has 0 saturated carbocycles. The van der Waals surface area contributed by atoms with Gasteiger partial charge in [0.2, 0.25) is 0 Å². The second-order valence-corrected chi connectivity index (χ2v) is 5.63. The van der Waals surface area contributed by atoms with E-state index in [9.17, 15) is 13.6 Å². The largest absolute Gasteiger partial charge is 0.338 e. The number of alkyl halides is 1. The van der Waals surface area contributed by atoms with Crippen LogP contribution in [0.2, 0.25) is 0 Å². The van der Waals surface area contributed by atoms with E-state index in [1.54, 1.807) is 4.90 Å². The highest BCUT2D eigenvalue weighted by molar-refractivity contribution is 9.09. The van der Waals surface area contributed by atoms with Gasteiger partial charge in [-0.15, -0.1) is 0 Å². The van der Waals surface area contributed by atoms with E-state index in [0.29, 0.717) is 19.0 Å². The molecule has 1 saturated heterocycles. The van der Waals surface area contributed by atoms with Crippen molar-refractivity contribution in [2.75, 3.05) is 18.4 Å². The van der Waals surface area contributed by atoms with E-state index in [0.717, 1.165) is 36.7 Å². The van der Waals surface area contributed by atoms with Crippen LogP contribution in [0.25, 0.3) is 0 Å². The van der Waals surface area contributed by atoms with Gasteiger partial charge in [-0.2, -0.15) is 0 Å². The van der Waals surface area contributed by atoms with Crippen LogP contribution in [0.5, 0.6) is 0 Å². The Bertz CT molecular complexity index is 445. The second-order valence-electron chi connectivity index (χ2n) is 4.83. The van der Waals surface area contributed by atoms with Gasteiger partial charge in [0.05, 0.1) is 0 Å². The van der Waals surface area contributed by atoms with E-state index in [1.807, 2.05) is 0 Å². The molecule has 1 aliphatic heterocycles. The molecule has 1 amide bonds. The molecule has 1 heterocycles. The monoisotopic (exact) mass is 331 g/mol. The molecule has 0 aromatic heterocycles. The molecule has 1 atom stereocenters. The first-order valence-corrected chi connectivity index (χ1v) is 7.55. The lowest BCUT2D eigenvalue weighted by molar-refractivity contribution is 0.0662. The molecule has 5 heteroatoms. The number of hydrogen-bond acceptors (Lipinski definition) is 1. The normalized spacial score (nSPS) is 19.5. The molecule has 1 aromatic rings. The van der Waals surface area contributed by atoms with E-state index in [2.05, 4.69) is 15.9 Å². The molecule has 104 valence electrons. The van der Waals surface area contributed by atoms with Crippen molar-refractivity contribution in [3.63, 3.8) is 0 Å². The van der Waals surface area contributed by atoms with Gasteiger partial charge in [0.1, 0.15) is 17.2 Å². The predicted octanol–water partition coefficient (Wildman–Crippen LogP) is 3.60. The Morgan fingerprint density at radius 2 is 2.05 bits per heavy atom. The van der Waals surface area contributed by atoms with Gasteiger partial charge in [-0.1, -0.05) is 22.0 Å². The SMILES string of the molecule is O=C(c1c(F)cccc1F)N1CCCC(CCBr)C1. The fourth-order valence-corrected chi connectivity index (χ4v) is 3.15. The Balaban J connectivity index is 2.15. The van der Waals surface area contributed by atoms with Crippen LogP contribution < -0.4 is 0 Å². The molecule has 19 heavy (non-hydrogen) atoms. The second kappa shape index (κ2) is 6.46. The Labute approximate surface area is 119 Å². The first kappa shape index (κ1) is 14.4. The average molecular weight is 332 g/mol. The van der Waals surface area contributed by atoms with Gasteiger partial charge in [0, 0.05) is 18.4 Å². The summed E-state index contributed by atoms with van der Waals surface area (Å²) in [4.78, 5) is 13.8. The number of rotatable bonds is 3. The van der Waals surface area contributed by atoms with Crippen molar-refractivity contribution in [1.29, 1.82) is 0 Å². The van der Waals surface area contributed by atoms with Crippen LogP contribution in [0.15, 0.2) is 18.2 Å². The Hall–Kier alpha value is -0.970. The summed E-state index contributed by atoms with van der Waals surface area (Å²) in [5, 5.41) is 0.883. The van der Waals surface area contributed by atoms with Crippen molar-refractivity contribution in [3.8, 4) is 0 Å². The van der Waals surface area contributed by atoms with E-state index >= 15 is 0 Å². The summed E-state index contributed by atoms with van der Waals surface area (Å²) in [6.07, 6.45) is 2.93. The lowest BCUT2D eigenvalue weighted by Crippen LogP contribution is -2.40. The van der Waals surface area contributed by atoms with Crippen LogP contribution in [-0.4, -0.2) is 29.2 Å². The average Bonchev–Trinajstić information content (AvgIpc) is 2.39. The van der Waals surface area contributed by atoms with Crippen molar-refractivity contribution in [3.05, 3.63) is 35.4 Å². The third-order valence-electron chi connectivity index (χ3n) is 3.50. The Morgan fingerprint density at radius 1 is 1.37 bits per heavy atom. The van der Waals surface area contributed by atoms with Crippen molar-refractivity contribution >= 4 is 21.8 Å². The minimum Gasteiger partial charge on any atom is -0.338 e. The van der Waals surface area contributed by atoms with Gasteiger partial charge >= 0.3 is 0 Å². The topological polar surface area (TPSA) is 20.3 Å². The summed E-state index contributed by atoms with van der Waals surface area (Å²) < 4.78 is 27.2. The van der Waals surface area contributed by atoms with E-state index < -0.39 is 23.1 Å². The van der Waals surface area contributed by atoms with E-state index in [4.69, 9.17) is 0 Å². The number of amides is 1. The van der Waals surface area contributed by atoms with Crippen molar-refractivity contribution in [1.82, 2.24) is 4.90 Å². The molecule has 0 bridgehead atoms.